The molecule has 0 radical (unpaired) electrons. The summed E-state index contributed by atoms with van der Waals surface area (Å²) in [5.74, 6) is -2.79. The highest BCUT2D eigenvalue weighted by Crippen LogP contribution is 2.13. The molecule has 104 valence electrons. The first-order valence-corrected chi connectivity index (χ1v) is 6.58. The quantitative estimate of drug-likeness (QED) is 0.445. The molecular formula is C15H20O4. The minimum absolute atomic E-state index is 0.122. The Labute approximate surface area is 113 Å². The molecule has 1 aromatic carbocycles. The van der Waals surface area contributed by atoms with Crippen LogP contribution < -0.4 is 0 Å². The minimum atomic E-state index is -1.10. The summed E-state index contributed by atoms with van der Waals surface area (Å²) in [6.45, 7) is 2.15. The van der Waals surface area contributed by atoms with E-state index in [0.717, 1.165) is 24.8 Å². The predicted octanol–water partition coefficient (Wildman–Crippen LogP) is 3.01. The molecule has 19 heavy (non-hydrogen) atoms. The summed E-state index contributed by atoms with van der Waals surface area (Å²) in [7, 11) is 0. The number of ether oxygens (including phenoxy) is 1. The Morgan fingerprint density at radius 3 is 2.47 bits per heavy atom. The molecule has 1 unspecified atom stereocenters. The Balaban J connectivity index is 2.46. The van der Waals surface area contributed by atoms with E-state index in [4.69, 9.17) is 9.84 Å². The van der Waals surface area contributed by atoms with E-state index in [9.17, 15) is 9.59 Å². The van der Waals surface area contributed by atoms with Crippen molar-refractivity contribution in [3.63, 3.8) is 0 Å². The highest BCUT2D eigenvalue weighted by atomic mass is 16.5. The largest absolute Gasteiger partial charge is 0.481 e. The van der Waals surface area contributed by atoms with E-state index in [-0.39, 0.29) is 6.61 Å². The normalized spacial score (nSPS) is 11.8. The van der Waals surface area contributed by atoms with Crippen LogP contribution in [0.5, 0.6) is 0 Å². The van der Waals surface area contributed by atoms with Gasteiger partial charge in [0.1, 0.15) is 6.61 Å². The van der Waals surface area contributed by atoms with Crippen molar-refractivity contribution in [1.29, 1.82) is 0 Å². The highest BCUT2D eigenvalue weighted by molar-refractivity contribution is 5.93. The van der Waals surface area contributed by atoms with Crippen LogP contribution in [-0.4, -0.2) is 17.0 Å². The Hall–Kier alpha value is -1.84. The van der Waals surface area contributed by atoms with Gasteiger partial charge in [-0.1, -0.05) is 56.5 Å². The molecule has 0 aliphatic carbocycles. The zero-order valence-corrected chi connectivity index (χ0v) is 11.2. The maximum atomic E-state index is 11.7. The molecule has 4 heteroatoms. The third kappa shape index (κ3) is 5.55. The van der Waals surface area contributed by atoms with Gasteiger partial charge < -0.3 is 9.84 Å². The first-order chi connectivity index (χ1) is 9.15. The van der Waals surface area contributed by atoms with Crippen molar-refractivity contribution in [1.82, 2.24) is 0 Å². The number of carboxylic acid groups (broad SMARTS) is 1. The van der Waals surface area contributed by atoms with Gasteiger partial charge in [0.2, 0.25) is 0 Å². The third-order valence-electron chi connectivity index (χ3n) is 2.90. The fourth-order valence-corrected chi connectivity index (χ4v) is 1.77. The number of carbonyl (C=O) groups excluding carboxylic acids is 1. The molecule has 0 bridgehead atoms. The molecule has 1 aromatic rings. The summed E-state index contributed by atoms with van der Waals surface area (Å²) in [5.41, 5.74) is 0.855. The van der Waals surface area contributed by atoms with E-state index in [2.05, 4.69) is 0 Å². The van der Waals surface area contributed by atoms with Gasteiger partial charge in [0.05, 0.1) is 0 Å². The van der Waals surface area contributed by atoms with Gasteiger partial charge in [0.25, 0.3) is 0 Å². The Morgan fingerprint density at radius 1 is 1.21 bits per heavy atom. The van der Waals surface area contributed by atoms with Crippen LogP contribution in [0.2, 0.25) is 0 Å². The van der Waals surface area contributed by atoms with Crippen molar-refractivity contribution < 1.29 is 19.4 Å². The number of rotatable bonds is 8. The number of aliphatic carboxylic acids is 1. The molecule has 0 aromatic heterocycles. The smallest absolute Gasteiger partial charge is 0.320 e. The van der Waals surface area contributed by atoms with Crippen molar-refractivity contribution in [2.45, 2.75) is 39.2 Å². The lowest BCUT2D eigenvalue weighted by Gasteiger charge is -2.11. The fourth-order valence-electron chi connectivity index (χ4n) is 1.77. The summed E-state index contributed by atoms with van der Waals surface area (Å²) in [6, 6.07) is 9.23. The Kier molecular flexibility index (Phi) is 6.64. The maximum Gasteiger partial charge on any atom is 0.320 e. The summed E-state index contributed by atoms with van der Waals surface area (Å²) in [6.07, 6.45) is 2.99. The molecule has 0 heterocycles. The van der Waals surface area contributed by atoms with E-state index in [1.165, 1.54) is 0 Å². The van der Waals surface area contributed by atoms with Gasteiger partial charge in [-0.05, 0) is 12.0 Å². The van der Waals surface area contributed by atoms with Gasteiger partial charge >= 0.3 is 11.9 Å². The number of benzene rings is 1. The molecular weight excluding hydrogens is 244 g/mol. The summed E-state index contributed by atoms with van der Waals surface area (Å²) >= 11 is 0. The SMILES string of the molecule is CCCCCC(C(=O)O)C(=O)OCc1ccccc1. The number of carbonyl (C=O) groups is 2. The molecule has 1 atom stereocenters. The first-order valence-electron chi connectivity index (χ1n) is 6.58. The molecule has 0 spiro atoms. The lowest BCUT2D eigenvalue weighted by Crippen LogP contribution is -2.25. The molecule has 0 aliphatic heterocycles. The molecule has 4 nitrogen and oxygen atoms in total. The molecule has 0 saturated heterocycles. The highest BCUT2D eigenvalue weighted by Gasteiger charge is 2.27. The number of hydrogen-bond acceptors (Lipinski definition) is 3. The Bertz CT molecular complexity index is 400. The van der Waals surface area contributed by atoms with Gasteiger partial charge in [-0.3, -0.25) is 9.59 Å². The minimum Gasteiger partial charge on any atom is -0.481 e. The van der Waals surface area contributed by atoms with Crippen LogP contribution in [0.25, 0.3) is 0 Å². The lowest BCUT2D eigenvalue weighted by molar-refractivity contribution is -0.160. The van der Waals surface area contributed by atoms with Gasteiger partial charge in [0.15, 0.2) is 5.92 Å². The zero-order chi connectivity index (χ0) is 14.1. The van der Waals surface area contributed by atoms with Crippen molar-refractivity contribution in [3.05, 3.63) is 35.9 Å². The van der Waals surface area contributed by atoms with Gasteiger partial charge in [0, 0.05) is 0 Å². The van der Waals surface area contributed by atoms with Gasteiger partial charge in [-0.2, -0.15) is 0 Å². The summed E-state index contributed by atoms with van der Waals surface area (Å²) in [5, 5.41) is 9.04. The van der Waals surface area contributed by atoms with Gasteiger partial charge in [-0.25, -0.2) is 0 Å². The van der Waals surface area contributed by atoms with Crippen molar-refractivity contribution in [3.8, 4) is 0 Å². The van der Waals surface area contributed by atoms with Crippen LogP contribution in [0.15, 0.2) is 30.3 Å². The number of hydrogen-bond donors (Lipinski definition) is 1. The van der Waals surface area contributed by atoms with E-state index < -0.39 is 17.9 Å². The van der Waals surface area contributed by atoms with E-state index in [1.807, 2.05) is 37.3 Å². The standard InChI is InChI=1S/C15H20O4/c1-2-3-5-10-13(14(16)17)15(18)19-11-12-8-6-4-7-9-12/h4,6-9,13H,2-3,5,10-11H2,1H3,(H,16,17). The molecule has 0 amide bonds. The Morgan fingerprint density at radius 2 is 1.89 bits per heavy atom. The number of unbranched alkanes of at least 4 members (excludes halogenated alkanes) is 2. The van der Waals surface area contributed by atoms with Crippen LogP contribution in [0.4, 0.5) is 0 Å². The first kappa shape index (κ1) is 15.2. The van der Waals surface area contributed by atoms with Crippen LogP contribution in [0.1, 0.15) is 38.2 Å². The van der Waals surface area contributed by atoms with Crippen molar-refractivity contribution in [2.24, 2.45) is 5.92 Å². The molecule has 0 aliphatic rings. The number of carboxylic acids is 1. The van der Waals surface area contributed by atoms with Crippen LogP contribution >= 0.6 is 0 Å². The maximum absolute atomic E-state index is 11.7. The van der Waals surface area contributed by atoms with E-state index in [1.54, 1.807) is 0 Å². The zero-order valence-electron chi connectivity index (χ0n) is 11.2. The fraction of sp³-hybridized carbons (Fsp3) is 0.467. The molecule has 0 fully saturated rings. The second-order valence-corrected chi connectivity index (χ2v) is 4.48. The van der Waals surface area contributed by atoms with E-state index >= 15 is 0 Å². The molecule has 1 rings (SSSR count). The molecule has 1 N–H and O–H groups in total. The average Bonchev–Trinajstić information content (AvgIpc) is 2.42. The van der Waals surface area contributed by atoms with E-state index in [0.29, 0.717) is 6.42 Å². The topological polar surface area (TPSA) is 63.6 Å². The molecule has 0 saturated carbocycles. The van der Waals surface area contributed by atoms with Gasteiger partial charge in [-0.15, -0.1) is 0 Å². The monoisotopic (exact) mass is 264 g/mol. The average molecular weight is 264 g/mol. The summed E-state index contributed by atoms with van der Waals surface area (Å²) < 4.78 is 5.06. The second-order valence-electron chi connectivity index (χ2n) is 4.48. The predicted molar refractivity (Wildman–Crippen MR) is 71.5 cm³/mol. The van der Waals surface area contributed by atoms with Crippen LogP contribution in [0.3, 0.4) is 0 Å². The summed E-state index contributed by atoms with van der Waals surface area (Å²) in [4.78, 5) is 22.8. The van der Waals surface area contributed by atoms with Crippen LogP contribution in [-0.2, 0) is 20.9 Å². The van der Waals surface area contributed by atoms with Crippen LogP contribution in [0, 0.1) is 5.92 Å². The second kappa shape index (κ2) is 8.29. The van der Waals surface area contributed by atoms with Crippen molar-refractivity contribution in [2.75, 3.05) is 0 Å². The lowest BCUT2D eigenvalue weighted by atomic mass is 10.0. The third-order valence-corrected chi connectivity index (χ3v) is 2.90. The number of esters is 1. The van der Waals surface area contributed by atoms with Crippen molar-refractivity contribution >= 4 is 11.9 Å².